The van der Waals surface area contributed by atoms with E-state index in [4.69, 9.17) is 21.1 Å². The predicted molar refractivity (Wildman–Crippen MR) is 138 cm³/mol. The SMILES string of the molecule is CC(C)(O)c1ccc(-c2ccc(-c3nc4nc(OC5COC(CO)C(O)C5O)[nH]c4cc3Cl)cc2)cc1. The first-order chi connectivity index (χ1) is 17.6. The first-order valence-corrected chi connectivity index (χ1v) is 12.3. The number of pyridine rings is 1. The summed E-state index contributed by atoms with van der Waals surface area (Å²) in [5.74, 6) is 0. The molecule has 10 heteroatoms. The molecule has 0 saturated carbocycles. The van der Waals surface area contributed by atoms with Crippen LogP contribution in [-0.2, 0) is 10.3 Å². The first-order valence-electron chi connectivity index (χ1n) is 11.9. The number of aliphatic hydroxyl groups is 4. The first kappa shape index (κ1) is 25.6. The van der Waals surface area contributed by atoms with Gasteiger partial charge in [0, 0.05) is 5.56 Å². The van der Waals surface area contributed by atoms with E-state index in [0.717, 1.165) is 22.3 Å². The van der Waals surface area contributed by atoms with E-state index in [9.17, 15) is 20.4 Å². The van der Waals surface area contributed by atoms with Crippen molar-refractivity contribution in [2.24, 2.45) is 0 Å². The summed E-state index contributed by atoms with van der Waals surface area (Å²) in [7, 11) is 0. The topological polar surface area (TPSA) is 141 Å². The zero-order valence-corrected chi connectivity index (χ0v) is 21.1. The predicted octanol–water partition coefficient (Wildman–Crippen LogP) is 3.03. The van der Waals surface area contributed by atoms with Gasteiger partial charge in [-0.1, -0.05) is 60.1 Å². The van der Waals surface area contributed by atoms with Crippen molar-refractivity contribution >= 4 is 22.8 Å². The van der Waals surface area contributed by atoms with Crippen LogP contribution < -0.4 is 4.74 Å². The van der Waals surface area contributed by atoms with Crippen molar-refractivity contribution in [3.8, 4) is 28.4 Å². The fraction of sp³-hybridized carbons (Fsp3) is 0.333. The molecule has 0 spiro atoms. The highest BCUT2D eigenvalue weighted by Gasteiger charge is 2.39. The van der Waals surface area contributed by atoms with Crippen LogP contribution in [0.1, 0.15) is 19.4 Å². The number of nitrogens with zero attached hydrogens (tertiary/aromatic N) is 2. The number of halogens is 1. The molecule has 0 bridgehead atoms. The van der Waals surface area contributed by atoms with Crippen LogP contribution >= 0.6 is 11.6 Å². The maximum atomic E-state index is 10.3. The van der Waals surface area contributed by atoms with Crippen LogP contribution in [-0.4, -0.2) is 73.0 Å². The third kappa shape index (κ3) is 5.19. The Morgan fingerprint density at radius 2 is 1.62 bits per heavy atom. The second-order valence-electron chi connectivity index (χ2n) is 9.64. The molecule has 194 valence electrons. The zero-order valence-electron chi connectivity index (χ0n) is 20.3. The second-order valence-corrected chi connectivity index (χ2v) is 10.0. The minimum Gasteiger partial charge on any atom is -0.456 e. The summed E-state index contributed by atoms with van der Waals surface area (Å²) in [5.41, 5.74) is 4.27. The molecule has 4 aromatic rings. The number of imidazole rings is 1. The fourth-order valence-electron chi connectivity index (χ4n) is 4.31. The average Bonchev–Trinajstić information content (AvgIpc) is 3.27. The Hall–Kier alpha value is -3.05. The van der Waals surface area contributed by atoms with E-state index in [1.54, 1.807) is 19.9 Å². The van der Waals surface area contributed by atoms with E-state index >= 15 is 0 Å². The van der Waals surface area contributed by atoms with E-state index in [1.165, 1.54) is 0 Å². The van der Waals surface area contributed by atoms with Crippen molar-refractivity contribution < 1.29 is 29.9 Å². The number of H-pyrrole nitrogens is 1. The highest BCUT2D eigenvalue weighted by atomic mass is 35.5. The van der Waals surface area contributed by atoms with Gasteiger partial charge in [0.1, 0.15) is 18.3 Å². The molecular formula is C27H28ClN3O6. The van der Waals surface area contributed by atoms with Gasteiger partial charge in [-0.3, -0.25) is 0 Å². The quantitative estimate of drug-likeness (QED) is 0.259. The Labute approximate surface area is 218 Å². The van der Waals surface area contributed by atoms with Gasteiger partial charge in [-0.15, -0.1) is 0 Å². The number of ether oxygens (including phenoxy) is 2. The molecule has 0 aliphatic carbocycles. The van der Waals surface area contributed by atoms with Crippen LogP contribution in [0.3, 0.4) is 0 Å². The Morgan fingerprint density at radius 1 is 1.00 bits per heavy atom. The largest absolute Gasteiger partial charge is 0.456 e. The molecule has 0 radical (unpaired) electrons. The monoisotopic (exact) mass is 525 g/mol. The summed E-state index contributed by atoms with van der Waals surface area (Å²) in [4.78, 5) is 11.9. The Kier molecular flexibility index (Phi) is 6.93. The Bertz CT molecular complexity index is 1380. The lowest BCUT2D eigenvalue weighted by atomic mass is 9.95. The van der Waals surface area contributed by atoms with Gasteiger partial charge in [-0.25, -0.2) is 4.98 Å². The van der Waals surface area contributed by atoms with Crippen LogP contribution in [0.4, 0.5) is 0 Å². The molecule has 1 saturated heterocycles. The maximum absolute atomic E-state index is 10.3. The van der Waals surface area contributed by atoms with E-state index in [-0.39, 0.29) is 12.6 Å². The lowest BCUT2D eigenvalue weighted by molar-refractivity contribution is -0.189. The number of aromatic nitrogens is 3. The van der Waals surface area contributed by atoms with Gasteiger partial charge in [0.05, 0.1) is 35.0 Å². The molecule has 1 aliphatic rings. The van der Waals surface area contributed by atoms with Gasteiger partial charge >= 0.3 is 0 Å². The Balaban J connectivity index is 1.35. The van der Waals surface area contributed by atoms with E-state index in [2.05, 4.69) is 15.0 Å². The van der Waals surface area contributed by atoms with Gasteiger partial charge in [0.15, 0.2) is 11.8 Å². The van der Waals surface area contributed by atoms with Gasteiger partial charge in [0.25, 0.3) is 6.01 Å². The number of nitrogens with one attached hydrogen (secondary N) is 1. The number of rotatable bonds is 6. The van der Waals surface area contributed by atoms with Crippen LogP contribution in [0.15, 0.2) is 54.6 Å². The van der Waals surface area contributed by atoms with E-state index in [0.29, 0.717) is 21.9 Å². The number of aromatic amines is 1. The van der Waals surface area contributed by atoms with Gasteiger partial charge in [-0.05, 0) is 36.6 Å². The van der Waals surface area contributed by atoms with Crippen molar-refractivity contribution in [3.63, 3.8) is 0 Å². The molecule has 2 aromatic heterocycles. The summed E-state index contributed by atoms with van der Waals surface area (Å²) in [6.45, 7) is 3.08. The maximum Gasteiger partial charge on any atom is 0.296 e. The second kappa shape index (κ2) is 10.0. The van der Waals surface area contributed by atoms with Crippen molar-refractivity contribution in [1.29, 1.82) is 0 Å². The minimum atomic E-state index is -1.28. The van der Waals surface area contributed by atoms with Gasteiger partial charge < -0.3 is 34.9 Å². The molecule has 5 rings (SSSR count). The van der Waals surface area contributed by atoms with Crippen molar-refractivity contribution in [1.82, 2.24) is 15.0 Å². The van der Waals surface area contributed by atoms with Crippen LogP contribution in [0.25, 0.3) is 33.5 Å². The molecule has 1 aliphatic heterocycles. The molecule has 0 amide bonds. The number of aliphatic hydroxyl groups excluding tert-OH is 3. The van der Waals surface area contributed by atoms with E-state index in [1.807, 2.05) is 48.5 Å². The normalized spacial score (nSPS) is 22.4. The highest BCUT2D eigenvalue weighted by Crippen LogP contribution is 2.32. The molecule has 5 N–H and O–H groups in total. The fourth-order valence-corrected chi connectivity index (χ4v) is 4.57. The number of benzene rings is 2. The number of fused-ring (bicyclic) bond motifs is 1. The smallest absolute Gasteiger partial charge is 0.296 e. The highest BCUT2D eigenvalue weighted by molar-refractivity contribution is 6.33. The third-order valence-electron chi connectivity index (χ3n) is 6.52. The van der Waals surface area contributed by atoms with Crippen molar-refractivity contribution in [3.05, 3.63) is 65.2 Å². The summed E-state index contributed by atoms with van der Waals surface area (Å²) < 4.78 is 11.1. The van der Waals surface area contributed by atoms with Crippen molar-refractivity contribution in [2.75, 3.05) is 13.2 Å². The lowest BCUT2D eigenvalue weighted by Crippen LogP contribution is -2.56. The zero-order chi connectivity index (χ0) is 26.3. The molecule has 37 heavy (non-hydrogen) atoms. The van der Waals surface area contributed by atoms with Gasteiger partial charge in [-0.2, -0.15) is 4.98 Å². The van der Waals surface area contributed by atoms with Crippen molar-refractivity contribution in [2.45, 2.75) is 43.9 Å². The number of hydrogen-bond acceptors (Lipinski definition) is 8. The lowest BCUT2D eigenvalue weighted by Gasteiger charge is -2.36. The van der Waals surface area contributed by atoms with Crippen LogP contribution in [0.2, 0.25) is 5.02 Å². The van der Waals surface area contributed by atoms with Crippen LogP contribution in [0, 0.1) is 0 Å². The molecule has 1 fully saturated rings. The molecule has 3 heterocycles. The van der Waals surface area contributed by atoms with Gasteiger partial charge in [0.2, 0.25) is 0 Å². The number of hydrogen-bond donors (Lipinski definition) is 5. The third-order valence-corrected chi connectivity index (χ3v) is 6.81. The molecule has 4 unspecified atom stereocenters. The summed E-state index contributed by atoms with van der Waals surface area (Å²) in [6.07, 6.45) is -4.28. The molecule has 4 atom stereocenters. The summed E-state index contributed by atoms with van der Waals surface area (Å²) in [5, 5.41) is 40.2. The minimum absolute atomic E-state index is 0.0211. The van der Waals surface area contributed by atoms with Crippen LogP contribution in [0.5, 0.6) is 6.01 Å². The molecular weight excluding hydrogens is 498 g/mol. The molecule has 2 aromatic carbocycles. The average molecular weight is 526 g/mol. The summed E-state index contributed by atoms with van der Waals surface area (Å²) >= 11 is 6.54. The Morgan fingerprint density at radius 3 is 2.24 bits per heavy atom. The molecule has 9 nitrogen and oxygen atoms in total. The standard InChI is InChI=1S/C27H28ClN3O6/c1-27(2,35)17-9-7-15(8-10-17)14-3-5-16(6-4-14)22-18(28)11-19-25(30-22)31-26(29-19)37-21-13-36-20(12-32)23(33)24(21)34/h3-11,20-21,23-24,32-35H,12-13H2,1-2H3,(H,29,30,31). The summed E-state index contributed by atoms with van der Waals surface area (Å²) in [6, 6.07) is 17.4. The van der Waals surface area contributed by atoms with E-state index < -0.39 is 36.6 Å².